The number of rotatable bonds is 3. The third-order valence-electron chi connectivity index (χ3n) is 6.14. The van der Waals surface area contributed by atoms with Crippen molar-refractivity contribution in [3.05, 3.63) is 18.0 Å². The van der Waals surface area contributed by atoms with Gasteiger partial charge in [-0.1, -0.05) is 19.3 Å². The first-order chi connectivity index (χ1) is 11.1. The molecule has 1 amide bonds. The van der Waals surface area contributed by atoms with E-state index in [1.807, 2.05) is 4.68 Å². The van der Waals surface area contributed by atoms with Gasteiger partial charge in [0, 0.05) is 19.3 Å². The second-order valence-corrected chi connectivity index (χ2v) is 7.34. The third-order valence-corrected chi connectivity index (χ3v) is 6.14. The van der Waals surface area contributed by atoms with E-state index < -0.39 is 11.4 Å². The molecule has 0 aromatic carbocycles. The summed E-state index contributed by atoms with van der Waals surface area (Å²) in [7, 11) is 0. The minimum atomic E-state index is -0.736. The molecule has 0 radical (unpaired) electrons. The summed E-state index contributed by atoms with van der Waals surface area (Å²) in [5.74, 6) is -0.684. The van der Waals surface area contributed by atoms with Crippen LogP contribution in [0.25, 0.3) is 0 Å². The van der Waals surface area contributed by atoms with Crippen molar-refractivity contribution in [2.75, 3.05) is 13.1 Å². The highest BCUT2D eigenvalue weighted by Crippen LogP contribution is 2.49. The lowest BCUT2D eigenvalue weighted by Crippen LogP contribution is -2.37. The monoisotopic (exact) mass is 317 g/mol. The van der Waals surface area contributed by atoms with E-state index in [1.165, 1.54) is 12.8 Å². The molecule has 6 nitrogen and oxygen atoms in total. The van der Waals surface area contributed by atoms with Gasteiger partial charge in [0.2, 0.25) is 0 Å². The number of carboxylic acids is 1. The molecule has 0 bridgehead atoms. The van der Waals surface area contributed by atoms with E-state index in [0.717, 1.165) is 25.7 Å². The minimum absolute atomic E-state index is 0.0515. The van der Waals surface area contributed by atoms with Crippen molar-refractivity contribution in [2.45, 2.75) is 51.0 Å². The molecular formula is C17H23N3O3. The van der Waals surface area contributed by atoms with Crippen LogP contribution in [-0.4, -0.2) is 44.8 Å². The molecule has 1 aromatic heterocycles. The average molecular weight is 317 g/mol. The van der Waals surface area contributed by atoms with E-state index in [0.29, 0.717) is 31.2 Å². The summed E-state index contributed by atoms with van der Waals surface area (Å²) in [4.78, 5) is 26.5. The van der Waals surface area contributed by atoms with Crippen LogP contribution in [0.15, 0.2) is 12.3 Å². The molecule has 2 heterocycles. The van der Waals surface area contributed by atoms with Gasteiger partial charge in [-0.25, -0.2) is 0 Å². The van der Waals surface area contributed by atoms with E-state index >= 15 is 0 Å². The quantitative estimate of drug-likeness (QED) is 0.928. The van der Waals surface area contributed by atoms with E-state index in [9.17, 15) is 14.7 Å². The zero-order chi connectivity index (χ0) is 16.0. The summed E-state index contributed by atoms with van der Waals surface area (Å²) >= 11 is 0. The van der Waals surface area contributed by atoms with E-state index in [4.69, 9.17) is 0 Å². The van der Waals surface area contributed by atoms with Crippen LogP contribution in [-0.2, 0) is 4.79 Å². The molecule has 0 spiro atoms. The lowest BCUT2D eigenvalue weighted by atomic mass is 9.81. The summed E-state index contributed by atoms with van der Waals surface area (Å²) in [6, 6.07) is 2.10. The van der Waals surface area contributed by atoms with Crippen molar-refractivity contribution < 1.29 is 14.7 Å². The molecule has 1 aromatic rings. The van der Waals surface area contributed by atoms with Crippen LogP contribution in [0.1, 0.15) is 61.5 Å². The van der Waals surface area contributed by atoms with Gasteiger partial charge >= 0.3 is 5.97 Å². The van der Waals surface area contributed by atoms with E-state index in [1.54, 1.807) is 17.2 Å². The Labute approximate surface area is 135 Å². The topological polar surface area (TPSA) is 75.4 Å². The van der Waals surface area contributed by atoms with Crippen molar-refractivity contribution in [1.82, 2.24) is 14.7 Å². The second-order valence-electron chi connectivity index (χ2n) is 7.34. The number of amides is 1. The maximum absolute atomic E-state index is 13.0. The maximum atomic E-state index is 13.0. The average Bonchev–Trinajstić information content (AvgIpc) is 3.27. The van der Waals surface area contributed by atoms with E-state index in [-0.39, 0.29) is 11.8 Å². The Morgan fingerprint density at radius 3 is 2.70 bits per heavy atom. The lowest BCUT2D eigenvalue weighted by molar-refractivity contribution is -0.149. The Bertz CT molecular complexity index is 635. The van der Waals surface area contributed by atoms with Crippen LogP contribution in [0.5, 0.6) is 0 Å². The van der Waals surface area contributed by atoms with E-state index in [2.05, 4.69) is 5.10 Å². The highest BCUT2D eigenvalue weighted by atomic mass is 16.4. The SMILES string of the molecule is O=C(c1ccnn1C1CCCC1)N1C[C@@H]2CCC[C@@]2(C(=O)O)C1. The number of carbonyl (C=O) groups excluding carboxylic acids is 1. The summed E-state index contributed by atoms with van der Waals surface area (Å²) in [6.07, 6.45) is 8.77. The van der Waals surface area contributed by atoms with Gasteiger partial charge in [-0.2, -0.15) is 5.10 Å². The molecule has 2 saturated carbocycles. The number of aromatic nitrogens is 2. The first-order valence-corrected chi connectivity index (χ1v) is 8.68. The molecule has 0 unspecified atom stereocenters. The van der Waals surface area contributed by atoms with Gasteiger partial charge in [0.05, 0.1) is 11.5 Å². The highest BCUT2D eigenvalue weighted by molar-refractivity contribution is 5.93. The molecule has 3 aliphatic rings. The van der Waals surface area contributed by atoms with Crippen molar-refractivity contribution in [1.29, 1.82) is 0 Å². The number of hydrogen-bond donors (Lipinski definition) is 1. The van der Waals surface area contributed by atoms with Crippen molar-refractivity contribution in [3.63, 3.8) is 0 Å². The summed E-state index contributed by atoms with van der Waals surface area (Å²) in [5, 5.41) is 14.0. The van der Waals surface area contributed by atoms with Gasteiger partial charge in [0.1, 0.15) is 5.69 Å². The Kier molecular flexibility index (Phi) is 3.43. The molecule has 6 heteroatoms. The van der Waals surface area contributed by atoms with Crippen molar-refractivity contribution >= 4 is 11.9 Å². The largest absolute Gasteiger partial charge is 0.481 e. The number of fused-ring (bicyclic) bond motifs is 1. The van der Waals surface area contributed by atoms with Gasteiger partial charge in [0.15, 0.2) is 0 Å². The van der Waals surface area contributed by atoms with Crippen LogP contribution < -0.4 is 0 Å². The van der Waals surface area contributed by atoms with Crippen LogP contribution in [0.3, 0.4) is 0 Å². The molecule has 124 valence electrons. The first kappa shape index (κ1) is 14.7. The molecule has 1 saturated heterocycles. The smallest absolute Gasteiger partial charge is 0.311 e. The summed E-state index contributed by atoms with van der Waals surface area (Å²) < 4.78 is 1.87. The van der Waals surface area contributed by atoms with Crippen LogP contribution >= 0.6 is 0 Å². The maximum Gasteiger partial charge on any atom is 0.311 e. The fourth-order valence-electron chi connectivity index (χ4n) is 4.88. The predicted octanol–water partition coefficient (Wildman–Crippen LogP) is 2.33. The molecule has 2 atom stereocenters. The van der Waals surface area contributed by atoms with Gasteiger partial charge in [-0.05, 0) is 37.7 Å². The second kappa shape index (κ2) is 5.35. The molecule has 3 fully saturated rings. The third kappa shape index (κ3) is 2.18. The van der Waals surface area contributed by atoms with Crippen molar-refractivity contribution in [3.8, 4) is 0 Å². The number of nitrogens with zero attached hydrogens (tertiary/aromatic N) is 3. The zero-order valence-corrected chi connectivity index (χ0v) is 13.3. The Morgan fingerprint density at radius 1 is 1.22 bits per heavy atom. The van der Waals surface area contributed by atoms with Gasteiger partial charge in [-0.15, -0.1) is 0 Å². The lowest BCUT2D eigenvalue weighted by Gasteiger charge is -2.23. The number of likely N-dealkylation sites (tertiary alicyclic amines) is 1. The Hall–Kier alpha value is -1.85. The van der Waals surface area contributed by atoms with Gasteiger partial charge < -0.3 is 10.0 Å². The molecule has 1 aliphatic heterocycles. The minimum Gasteiger partial charge on any atom is -0.481 e. The van der Waals surface area contributed by atoms with Crippen LogP contribution in [0, 0.1) is 11.3 Å². The van der Waals surface area contributed by atoms with Crippen LogP contribution in [0.2, 0.25) is 0 Å². The summed E-state index contributed by atoms with van der Waals surface area (Å²) in [6.45, 7) is 0.919. The zero-order valence-electron chi connectivity index (χ0n) is 13.3. The molecule has 1 N–H and O–H groups in total. The van der Waals surface area contributed by atoms with Crippen molar-refractivity contribution in [2.24, 2.45) is 11.3 Å². The number of aliphatic carboxylic acids is 1. The number of carbonyl (C=O) groups is 2. The van der Waals surface area contributed by atoms with Gasteiger partial charge in [0.25, 0.3) is 5.91 Å². The molecule has 2 aliphatic carbocycles. The normalized spacial score (nSPS) is 30.8. The fraction of sp³-hybridized carbons (Fsp3) is 0.706. The predicted molar refractivity (Wildman–Crippen MR) is 83.0 cm³/mol. The van der Waals surface area contributed by atoms with Gasteiger partial charge in [-0.3, -0.25) is 14.3 Å². The molecule has 4 rings (SSSR count). The number of hydrogen-bond acceptors (Lipinski definition) is 3. The molecule has 23 heavy (non-hydrogen) atoms. The van der Waals surface area contributed by atoms with Crippen LogP contribution in [0.4, 0.5) is 0 Å². The Morgan fingerprint density at radius 2 is 2.00 bits per heavy atom. The summed E-state index contributed by atoms with van der Waals surface area (Å²) in [5.41, 5.74) is -0.0918. The fourth-order valence-corrected chi connectivity index (χ4v) is 4.88. The first-order valence-electron chi connectivity index (χ1n) is 8.68. The standard InChI is InChI=1S/C17H23N3O3/c21-15(14-7-9-18-20(14)13-5-1-2-6-13)19-10-12-4-3-8-17(12,11-19)16(22)23/h7,9,12-13H,1-6,8,10-11H2,(H,22,23)/t12-,17+/m0/s1. The Balaban J connectivity index is 1.57. The molecular weight excluding hydrogens is 294 g/mol. The highest BCUT2D eigenvalue weighted by Gasteiger charge is 2.56. The number of carboxylic acid groups (broad SMARTS) is 1.